The number of phenols is 1. The fraction of sp³-hybridized carbons (Fsp3) is 0.250. The summed E-state index contributed by atoms with van der Waals surface area (Å²) in [6.07, 6.45) is 0. The number of halogens is 1. The fourth-order valence-corrected chi connectivity index (χ4v) is 0.517. The number of nitrogens with two attached hydrogens (primary N) is 1. The molecule has 0 aromatic heterocycles. The first-order valence-electron chi connectivity index (χ1n) is 3.44. The molecule has 0 aliphatic carbocycles. The van der Waals surface area contributed by atoms with E-state index in [1.807, 2.05) is 13.8 Å². The molecule has 0 heterocycles. The first-order valence-corrected chi connectivity index (χ1v) is 3.44. The van der Waals surface area contributed by atoms with Gasteiger partial charge >= 0.3 is 0 Å². The van der Waals surface area contributed by atoms with E-state index in [0.717, 1.165) is 6.07 Å². The van der Waals surface area contributed by atoms with E-state index in [9.17, 15) is 4.39 Å². The van der Waals surface area contributed by atoms with E-state index in [0.29, 0.717) is 0 Å². The van der Waals surface area contributed by atoms with Crippen LogP contribution in [0.15, 0.2) is 18.2 Å². The Hall–Kier alpha value is -1.25. The summed E-state index contributed by atoms with van der Waals surface area (Å²) in [4.78, 5) is 0. The Morgan fingerprint density at radius 1 is 1.36 bits per heavy atom. The maximum atomic E-state index is 12.1. The molecule has 0 atom stereocenters. The Kier molecular flexibility index (Phi) is 4.03. The standard InChI is InChI=1S/C6H6FNO.C2H6/c7-4-1-2-5(8)6(9)3-4;1-2/h1-3,9H,8H2;1-2H3. The van der Waals surface area contributed by atoms with Gasteiger partial charge < -0.3 is 10.8 Å². The van der Waals surface area contributed by atoms with Gasteiger partial charge in [-0.1, -0.05) is 13.8 Å². The second-order valence-corrected chi connectivity index (χ2v) is 1.70. The highest BCUT2D eigenvalue weighted by atomic mass is 19.1. The zero-order valence-corrected chi connectivity index (χ0v) is 6.63. The molecule has 1 aromatic carbocycles. The molecule has 0 amide bonds. The van der Waals surface area contributed by atoms with Gasteiger partial charge in [0.1, 0.15) is 11.6 Å². The Balaban J connectivity index is 0.000000461. The SMILES string of the molecule is CC.Nc1ccc(F)cc1O. The second kappa shape index (κ2) is 4.55. The molecular weight excluding hydrogens is 145 g/mol. The highest BCUT2D eigenvalue weighted by molar-refractivity contribution is 5.50. The molecule has 3 heteroatoms. The van der Waals surface area contributed by atoms with E-state index in [-0.39, 0.29) is 11.4 Å². The molecule has 0 fully saturated rings. The van der Waals surface area contributed by atoms with Gasteiger partial charge in [-0.3, -0.25) is 0 Å². The smallest absolute Gasteiger partial charge is 0.141 e. The predicted octanol–water partition coefficient (Wildman–Crippen LogP) is 2.14. The molecule has 1 rings (SSSR count). The first kappa shape index (κ1) is 9.75. The van der Waals surface area contributed by atoms with Gasteiger partial charge in [0.15, 0.2) is 0 Å². The Morgan fingerprint density at radius 3 is 2.27 bits per heavy atom. The zero-order valence-electron chi connectivity index (χ0n) is 6.63. The number of rotatable bonds is 0. The largest absolute Gasteiger partial charge is 0.506 e. The molecule has 11 heavy (non-hydrogen) atoms. The lowest BCUT2D eigenvalue weighted by Crippen LogP contribution is -1.84. The third-order valence-corrected chi connectivity index (χ3v) is 0.992. The highest BCUT2D eigenvalue weighted by Gasteiger charge is 1.95. The quantitative estimate of drug-likeness (QED) is 0.447. The minimum Gasteiger partial charge on any atom is -0.506 e. The van der Waals surface area contributed by atoms with E-state index >= 15 is 0 Å². The zero-order chi connectivity index (χ0) is 8.85. The minimum absolute atomic E-state index is 0.191. The Labute approximate surface area is 65.5 Å². The molecule has 0 aliphatic rings. The lowest BCUT2D eigenvalue weighted by Gasteiger charge is -1.94. The molecule has 3 N–H and O–H groups in total. The summed E-state index contributed by atoms with van der Waals surface area (Å²) in [6.45, 7) is 4.00. The molecular formula is C8H12FNO. The number of anilines is 1. The Bertz CT molecular complexity index is 225. The first-order chi connectivity index (χ1) is 5.20. The second-order valence-electron chi connectivity index (χ2n) is 1.70. The van der Waals surface area contributed by atoms with E-state index in [2.05, 4.69) is 0 Å². The Morgan fingerprint density at radius 2 is 1.91 bits per heavy atom. The van der Waals surface area contributed by atoms with Gasteiger partial charge in [-0.05, 0) is 12.1 Å². The van der Waals surface area contributed by atoms with Crippen LogP contribution in [0.2, 0.25) is 0 Å². The van der Waals surface area contributed by atoms with Gasteiger partial charge in [-0.2, -0.15) is 0 Å². The summed E-state index contributed by atoms with van der Waals surface area (Å²) in [5, 5.41) is 8.74. The highest BCUT2D eigenvalue weighted by Crippen LogP contribution is 2.18. The van der Waals surface area contributed by atoms with Crippen molar-refractivity contribution in [3.05, 3.63) is 24.0 Å². The van der Waals surface area contributed by atoms with Crippen LogP contribution in [0.3, 0.4) is 0 Å². The fourth-order valence-electron chi connectivity index (χ4n) is 0.517. The van der Waals surface area contributed by atoms with Gasteiger partial charge in [0.05, 0.1) is 5.69 Å². The van der Waals surface area contributed by atoms with Crippen molar-refractivity contribution in [1.29, 1.82) is 0 Å². The predicted molar refractivity (Wildman–Crippen MR) is 43.8 cm³/mol. The summed E-state index contributed by atoms with van der Waals surface area (Å²) in [6, 6.07) is 3.47. The maximum Gasteiger partial charge on any atom is 0.141 e. The number of hydrogen-bond acceptors (Lipinski definition) is 2. The molecule has 0 aliphatic heterocycles. The monoisotopic (exact) mass is 157 g/mol. The minimum atomic E-state index is -0.485. The van der Waals surface area contributed by atoms with Gasteiger partial charge in [-0.15, -0.1) is 0 Å². The van der Waals surface area contributed by atoms with Crippen LogP contribution in [0.25, 0.3) is 0 Å². The molecule has 0 spiro atoms. The molecule has 0 saturated heterocycles. The molecule has 0 unspecified atom stereocenters. The number of aromatic hydroxyl groups is 1. The third kappa shape index (κ3) is 2.89. The summed E-state index contributed by atoms with van der Waals surface area (Å²) >= 11 is 0. The molecule has 2 nitrogen and oxygen atoms in total. The van der Waals surface area contributed by atoms with Crippen molar-refractivity contribution >= 4 is 5.69 Å². The van der Waals surface area contributed by atoms with Crippen molar-refractivity contribution < 1.29 is 9.50 Å². The van der Waals surface area contributed by atoms with Crippen LogP contribution in [0.4, 0.5) is 10.1 Å². The van der Waals surface area contributed by atoms with Crippen molar-refractivity contribution in [3.8, 4) is 5.75 Å². The van der Waals surface area contributed by atoms with Gasteiger partial charge in [0.2, 0.25) is 0 Å². The number of nitrogen functional groups attached to an aromatic ring is 1. The summed E-state index contributed by atoms with van der Waals surface area (Å²) < 4.78 is 12.1. The summed E-state index contributed by atoms with van der Waals surface area (Å²) in [5.74, 6) is -0.697. The maximum absolute atomic E-state index is 12.1. The third-order valence-electron chi connectivity index (χ3n) is 0.992. The summed E-state index contributed by atoms with van der Waals surface area (Å²) in [7, 11) is 0. The van der Waals surface area contributed by atoms with Crippen LogP contribution in [-0.2, 0) is 0 Å². The van der Waals surface area contributed by atoms with E-state index < -0.39 is 5.82 Å². The molecule has 1 aromatic rings. The average Bonchev–Trinajstić information content (AvgIpc) is 2.02. The number of phenolic OH excluding ortho intramolecular Hbond substituents is 1. The van der Waals surface area contributed by atoms with Crippen LogP contribution in [0.5, 0.6) is 5.75 Å². The normalized spacial score (nSPS) is 8.27. The van der Waals surface area contributed by atoms with Crippen molar-refractivity contribution in [2.45, 2.75) is 13.8 Å². The van der Waals surface area contributed by atoms with Gasteiger partial charge in [-0.25, -0.2) is 4.39 Å². The van der Waals surface area contributed by atoms with E-state index in [4.69, 9.17) is 10.8 Å². The van der Waals surface area contributed by atoms with E-state index in [1.165, 1.54) is 12.1 Å². The van der Waals surface area contributed by atoms with Crippen molar-refractivity contribution in [1.82, 2.24) is 0 Å². The number of benzene rings is 1. The van der Waals surface area contributed by atoms with Crippen molar-refractivity contribution in [2.75, 3.05) is 5.73 Å². The van der Waals surface area contributed by atoms with Crippen LogP contribution >= 0.6 is 0 Å². The molecule has 0 saturated carbocycles. The van der Waals surface area contributed by atoms with Crippen LogP contribution in [0, 0.1) is 5.82 Å². The van der Waals surface area contributed by atoms with Gasteiger partial charge in [0, 0.05) is 6.07 Å². The molecule has 0 bridgehead atoms. The topological polar surface area (TPSA) is 46.2 Å². The van der Waals surface area contributed by atoms with Crippen LogP contribution in [0.1, 0.15) is 13.8 Å². The van der Waals surface area contributed by atoms with Crippen LogP contribution < -0.4 is 5.73 Å². The number of hydrogen-bond donors (Lipinski definition) is 2. The van der Waals surface area contributed by atoms with Crippen molar-refractivity contribution in [2.24, 2.45) is 0 Å². The summed E-state index contributed by atoms with van der Waals surface area (Å²) in [5.41, 5.74) is 5.36. The van der Waals surface area contributed by atoms with Crippen LogP contribution in [-0.4, -0.2) is 5.11 Å². The van der Waals surface area contributed by atoms with E-state index in [1.54, 1.807) is 0 Å². The average molecular weight is 157 g/mol. The molecule has 62 valence electrons. The molecule has 0 radical (unpaired) electrons. The lowest BCUT2D eigenvalue weighted by atomic mass is 10.3. The van der Waals surface area contributed by atoms with Crippen molar-refractivity contribution in [3.63, 3.8) is 0 Å². The van der Waals surface area contributed by atoms with Gasteiger partial charge in [0.25, 0.3) is 0 Å². The lowest BCUT2D eigenvalue weighted by molar-refractivity contribution is 0.472.